The van der Waals surface area contributed by atoms with Crippen molar-refractivity contribution >= 4 is 40.6 Å². The lowest BCUT2D eigenvalue weighted by molar-refractivity contribution is -0.137. The van der Waals surface area contributed by atoms with Gasteiger partial charge in [-0.15, -0.1) is 11.3 Å². The van der Waals surface area contributed by atoms with E-state index in [2.05, 4.69) is 15.6 Å². The number of carbonyl (C=O) groups excluding carboxylic acids is 2. The average Bonchev–Trinajstić information content (AvgIpc) is 3.24. The van der Waals surface area contributed by atoms with E-state index >= 15 is 0 Å². The summed E-state index contributed by atoms with van der Waals surface area (Å²) >= 11 is 7.18. The first-order valence-electron chi connectivity index (χ1n) is 10.2. The number of nitrogens with one attached hydrogen (secondary N) is 2. The summed E-state index contributed by atoms with van der Waals surface area (Å²) in [7, 11) is 0. The Bertz CT molecular complexity index is 1170. The number of carbonyl (C=O) groups is 2. The third kappa shape index (κ3) is 6.94. The number of nitrogens with zero attached hydrogens (tertiary/aromatic N) is 2. The van der Waals surface area contributed by atoms with Gasteiger partial charge in [0.25, 0.3) is 5.91 Å². The van der Waals surface area contributed by atoms with Gasteiger partial charge in [-0.25, -0.2) is 9.78 Å². The Morgan fingerprint density at radius 2 is 1.88 bits per heavy atom. The van der Waals surface area contributed by atoms with Gasteiger partial charge in [-0.2, -0.15) is 13.2 Å². The maximum Gasteiger partial charge on any atom is 0.416 e. The lowest BCUT2D eigenvalue weighted by atomic mass is 10.1. The average molecular weight is 511 g/mol. The summed E-state index contributed by atoms with van der Waals surface area (Å²) in [5.41, 5.74) is 0.227. The fraction of sp³-hybridized carbons (Fsp3) is 0.261. The van der Waals surface area contributed by atoms with Crippen LogP contribution in [0.4, 0.5) is 23.7 Å². The van der Waals surface area contributed by atoms with Crippen molar-refractivity contribution < 1.29 is 22.8 Å². The van der Waals surface area contributed by atoms with Crippen LogP contribution in [0.15, 0.2) is 53.9 Å². The number of alkyl halides is 3. The number of amides is 3. The number of hydrogen-bond acceptors (Lipinski definition) is 4. The fourth-order valence-electron chi connectivity index (χ4n) is 3.01. The van der Waals surface area contributed by atoms with E-state index in [0.717, 1.165) is 12.1 Å². The quantitative estimate of drug-likeness (QED) is 0.398. The molecular weight excluding hydrogens is 489 g/mol. The standard InChI is InChI=1S/C23H22ClF3N4O2S/c1-14(2)31(22(33)29-18-8-4-7-17(24)10-18)12-20-30-19(13-34-20)21(32)28-11-15-5-3-6-16(9-15)23(25,26)27/h3-10,13-14H,11-12H2,1-2H3,(H,28,32)(H,29,33). The molecule has 0 fully saturated rings. The molecule has 0 bridgehead atoms. The summed E-state index contributed by atoms with van der Waals surface area (Å²) in [5, 5.41) is 7.95. The number of urea groups is 1. The Hall–Kier alpha value is -3.11. The summed E-state index contributed by atoms with van der Waals surface area (Å²) < 4.78 is 38.6. The highest BCUT2D eigenvalue weighted by Crippen LogP contribution is 2.29. The Morgan fingerprint density at radius 3 is 2.56 bits per heavy atom. The summed E-state index contributed by atoms with van der Waals surface area (Å²) in [5.74, 6) is -0.514. The van der Waals surface area contributed by atoms with Crippen LogP contribution >= 0.6 is 22.9 Å². The van der Waals surface area contributed by atoms with Gasteiger partial charge in [0.05, 0.1) is 12.1 Å². The van der Waals surface area contributed by atoms with E-state index in [1.165, 1.54) is 23.5 Å². The zero-order valence-corrected chi connectivity index (χ0v) is 19.9. The summed E-state index contributed by atoms with van der Waals surface area (Å²) in [6.07, 6.45) is -4.45. The highest BCUT2D eigenvalue weighted by Gasteiger charge is 2.30. The van der Waals surface area contributed by atoms with Crippen LogP contribution in [-0.2, 0) is 19.3 Å². The number of aromatic nitrogens is 1. The third-order valence-electron chi connectivity index (χ3n) is 4.76. The minimum atomic E-state index is -4.45. The molecule has 0 aliphatic carbocycles. The van der Waals surface area contributed by atoms with Crippen LogP contribution in [0.25, 0.3) is 0 Å². The van der Waals surface area contributed by atoms with Gasteiger partial charge in [0.2, 0.25) is 0 Å². The van der Waals surface area contributed by atoms with Gasteiger partial charge in [0, 0.05) is 28.7 Å². The second-order valence-electron chi connectivity index (χ2n) is 7.67. The molecule has 0 aliphatic rings. The zero-order chi connectivity index (χ0) is 24.9. The molecule has 3 amide bonds. The maximum absolute atomic E-state index is 12.9. The topological polar surface area (TPSA) is 74.3 Å². The molecule has 0 spiro atoms. The van der Waals surface area contributed by atoms with Gasteiger partial charge in [-0.1, -0.05) is 29.8 Å². The molecule has 2 aromatic carbocycles. The van der Waals surface area contributed by atoms with Crippen LogP contribution in [0.1, 0.15) is 40.5 Å². The van der Waals surface area contributed by atoms with Crippen molar-refractivity contribution in [3.8, 4) is 0 Å². The number of benzene rings is 2. The highest BCUT2D eigenvalue weighted by atomic mass is 35.5. The van der Waals surface area contributed by atoms with Crippen LogP contribution in [-0.4, -0.2) is 27.9 Å². The van der Waals surface area contributed by atoms with E-state index in [9.17, 15) is 22.8 Å². The summed E-state index contributed by atoms with van der Waals surface area (Å²) in [4.78, 5) is 31.1. The molecule has 3 rings (SSSR count). The van der Waals surface area contributed by atoms with E-state index in [-0.39, 0.29) is 30.9 Å². The predicted molar refractivity (Wildman–Crippen MR) is 126 cm³/mol. The summed E-state index contributed by atoms with van der Waals surface area (Å²) in [6.45, 7) is 3.81. The van der Waals surface area contributed by atoms with Crippen molar-refractivity contribution in [1.82, 2.24) is 15.2 Å². The lowest BCUT2D eigenvalue weighted by Crippen LogP contribution is -2.39. The number of thiazole rings is 1. The molecule has 1 aromatic heterocycles. The van der Waals surface area contributed by atoms with Gasteiger partial charge in [0.15, 0.2) is 0 Å². The third-order valence-corrected chi connectivity index (χ3v) is 5.83. The van der Waals surface area contributed by atoms with Crippen molar-refractivity contribution in [3.05, 3.63) is 80.8 Å². The fourth-order valence-corrected chi connectivity index (χ4v) is 3.98. The van der Waals surface area contributed by atoms with Gasteiger partial charge in [-0.05, 0) is 49.7 Å². The van der Waals surface area contributed by atoms with Gasteiger partial charge >= 0.3 is 12.2 Å². The smallest absolute Gasteiger partial charge is 0.347 e. The molecule has 6 nitrogen and oxygen atoms in total. The first-order valence-corrected chi connectivity index (χ1v) is 11.5. The second-order valence-corrected chi connectivity index (χ2v) is 9.05. The minimum absolute atomic E-state index is 0.0736. The largest absolute Gasteiger partial charge is 0.416 e. The van der Waals surface area contributed by atoms with Crippen LogP contribution in [0.5, 0.6) is 0 Å². The van der Waals surface area contributed by atoms with Crippen molar-refractivity contribution in [1.29, 1.82) is 0 Å². The van der Waals surface area contributed by atoms with Crippen LogP contribution in [0.3, 0.4) is 0 Å². The molecule has 3 aromatic rings. The first-order chi connectivity index (χ1) is 16.0. The first kappa shape index (κ1) is 25.5. The van der Waals surface area contributed by atoms with E-state index in [1.54, 1.807) is 34.5 Å². The van der Waals surface area contributed by atoms with Crippen LogP contribution in [0.2, 0.25) is 5.02 Å². The van der Waals surface area contributed by atoms with Crippen molar-refractivity contribution in [2.75, 3.05) is 5.32 Å². The van der Waals surface area contributed by atoms with Crippen molar-refractivity contribution in [3.63, 3.8) is 0 Å². The van der Waals surface area contributed by atoms with E-state index in [0.29, 0.717) is 21.3 Å². The molecule has 0 aliphatic heterocycles. The van der Waals surface area contributed by atoms with E-state index in [4.69, 9.17) is 11.6 Å². The molecule has 0 unspecified atom stereocenters. The lowest BCUT2D eigenvalue weighted by Gasteiger charge is -2.26. The molecule has 0 saturated heterocycles. The molecule has 1 heterocycles. The second kappa shape index (κ2) is 10.9. The molecule has 0 atom stereocenters. The van der Waals surface area contributed by atoms with E-state index in [1.807, 2.05) is 13.8 Å². The molecule has 11 heteroatoms. The van der Waals surface area contributed by atoms with Crippen LogP contribution < -0.4 is 10.6 Å². The number of anilines is 1. The van der Waals surface area contributed by atoms with Gasteiger partial charge in [-0.3, -0.25) is 4.79 Å². The number of hydrogen-bond donors (Lipinski definition) is 2. The SMILES string of the molecule is CC(C)N(Cc1nc(C(=O)NCc2cccc(C(F)(F)F)c2)cs1)C(=O)Nc1cccc(Cl)c1. The molecule has 0 radical (unpaired) electrons. The molecule has 2 N–H and O–H groups in total. The van der Waals surface area contributed by atoms with Gasteiger partial charge in [0.1, 0.15) is 10.7 Å². The minimum Gasteiger partial charge on any atom is -0.347 e. The maximum atomic E-state index is 12.9. The molecule has 180 valence electrons. The highest BCUT2D eigenvalue weighted by molar-refractivity contribution is 7.09. The summed E-state index contributed by atoms with van der Waals surface area (Å²) in [6, 6.07) is 11.0. The Labute approximate surface area is 203 Å². The Balaban J connectivity index is 1.61. The number of halogens is 4. The van der Waals surface area contributed by atoms with Crippen molar-refractivity contribution in [2.45, 2.75) is 39.2 Å². The van der Waals surface area contributed by atoms with E-state index < -0.39 is 17.6 Å². The Kier molecular flexibility index (Phi) is 8.16. The number of rotatable bonds is 7. The predicted octanol–water partition coefficient (Wildman–Crippen LogP) is 6.19. The Morgan fingerprint density at radius 1 is 1.15 bits per heavy atom. The molecular formula is C23H22ClF3N4O2S. The molecule has 0 saturated carbocycles. The van der Waals surface area contributed by atoms with Crippen LogP contribution in [0, 0.1) is 0 Å². The van der Waals surface area contributed by atoms with Gasteiger partial charge < -0.3 is 15.5 Å². The normalized spacial score (nSPS) is 11.4. The zero-order valence-electron chi connectivity index (χ0n) is 18.3. The van der Waals surface area contributed by atoms with Crippen molar-refractivity contribution in [2.24, 2.45) is 0 Å². The monoisotopic (exact) mass is 510 g/mol. The molecule has 34 heavy (non-hydrogen) atoms.